The second-order valence-electron chi connectivity index (χ2n) is 6.82. The van der Waals surface area contributed by atoms with E-state index in [0.29, 0.717) is 23.4 Å². The topological polar surface area (TPSA) is 67.4 Å². The molecule has 2 rings (SSSR count). The van der Waals surface area contributed by atoms with Crippen LogP contribution in [0.1, 0.15) is 61.8 Å². The van der Waals surface area contributed by atoms with E-state index in [0.717, 1.165) is 10.4 Å². The van der Waals surface area contributed by atoms with Crippen LogP contribution in [0.15, 0.2) is 0 Å². The minimum absolute atomic E-state index is 0.103. The minimum atomic E-state index is -0.391. The van der Waals surface area contributed by atoms with Gasteiger partial charge in [-0.25, -0.2) is 4.79 Å². The van der Waals surface area contributed by atoms with Crippen LogP contribution in [0, 0.1) is 0 Å². The van der Waals surface area contributed by atoms with Gasteiger partial charge >= 0.3 is 5.97 Å². The van der Waals surface area contributed by atoms with Crippen molar-refractivity contribution in [3.05, 3.63) is 16.0 Å². The van der Waals surface area contributed by atoms with Gasteiger partial charge in [0.1, 0.15) is 5.00 Å². The van der Waals surface area contributed by atoms with Crippen molar-refractivity contribution in [1.29, 1.82) is 0 Å². The number of anilines is 1. The lowest BCUT2D eigenvalue weighted by Crippen LogP contribution is -2.55. The summed E-state index contributed by atoms with van der Waals surface area (Å²) >= 11 is 1.46. The molecular formula is C16H24N2O3S. The number of fused-ring (bicyclic) bond motifs is 1. The number of hydrogen-bond donors (Lipinski definition) is 2. The van der Waals surface area contributed by atoms with Gasteiger partial charge in [0.25, 0.3) is 0 Å². The normalized spacial score (nSPS) is 18.5. The number of methoxy groups -OCH3 is 1. The van der Waals surface area contributed by atoms with Crippen molar-refractivity contribution in [1.82, 2.24) is 5.32 Å². The van der Waals surface area contributed by atoms with Crippen LogP contribution in [-0.2, 0) is 21.5 Å². The number of thiophene rings is 1. The second-order valence-corrected chi connectivity index (χ2v) is 7.84. The van der Waals surface area contributed by atoms with Gasteiger partial charge in [0.05, 0.1) is 12.7 Å². The van der Waals surface area contributed by atoms with E-state index in [9.17, 15) is 9.59 Å². The van der Waals surface area contributed by atoms with Crippen molar-refractivity contribution in [2.75, 3.05) is 12.4 Å². The highest BCUT2D eigenvalue weighted by Gasteiger charge is 2.41. The Morgan fingerprint density at radius 1 is 1.32 bits per heavy atom. The maximum absolute atomic E-state index is 12.3. The average molecular weight is 324 g/mol. The molecule has 0 saturated carbocycles. The van der Waals surface area contributed by atoms with Crippen molar-refractivity contribution in [2.24, 2.45) is 0 Å². The molecule has 0 atom stereocenters. The summed E-state index contributed by atoms with van der Waals surface area (Å²) < 4.78 is 4.95. The van der Waals surface area contributed by atoms with Gasteiger partial charge in [-0.15, -0.1) is 11.3 Å². The van der Waals surface area contributed by atoms with Crippen LogP contribution in [0.2, 0.25) is 0 Å². The van der Waals surface area contributed by atoms with Crippen molar-refractivity contribution >= 4 is 28.2 Å². The molecule has 0 aromatic carbocycles. The van der Waals surface area contributed by atoms with E-state index >= 15 is 0 Å². The fourth-order valence-corrected chi connectivity index (χ4v) is 4.43. The van der Waals surface area contributed by atoms with Crippen LogP contribution in [0.5, 0.6) is 0 Å². The second kappa shape index (κ2) is 5.66. The molecule has 22 heavy (non-hydrogen) atoms. The summed E-state index contributed by atoms with van der Waals surface area (Å²) in [5.41, 5.74) is 1.09. The molecule has 1 amide bonds. The highest BCUT2D eigenvalue weighted by Crippen LogP contribution is 2.45. The lowest BCUT2D eigenvalue weighted by molar-refractivity contribution is -0.115. The summed E-state index contributed by atoms with van der Waals surface area (Å²) in [6, 6.07) is 0. The van der Waals surface area contributed by atoms with Gasteiger partial charge in [-0.1, -0.05) is 6.92 Å². The zero-order valence-electron chi connectivity index (χ0n) is 14.0. The van der Waals surface area contributed by atoms with Crippen molar-refractivity contribution < 1.29 is 14.3 Å². The number of nitrogens with one attached hydrogen (secondary N) is 2. The molecule has 0 aliphatic carbocycles. The first-order chi connectivity index (χ1) is 10.1. The summed E-state index contributed by atoms with van der Waals surface area (Å²) in [7, 11) is 1.37. The van der Waals surface area contributed by atoms with Gasteiger partial charge < -0.3 is 15.4 Å². The van der Waals surface area contributed by atoms with Gasteiger partial charge in [0.15, 0.2) is 0 Å². The Morgan fingerprint density at radius 2 is 1.95 bits per heavy atom. The Kier molecular flexibility index (Phi) is 4.37. The molecule has 6 heteroatoms. The number of hydrogen-bond acceptors (Lipinski definition) is 5. The first-order valence-electron chi connectivity index (χ1n) is 7.45. The van der Waals surface area contributed by atoms with E-state index < -0.39 is 5.97 Å². The molecule has 5 nitrogen and oxygen atoms in total. The lowest BCUT2D eigenvalue weighted by atomic mass is 9.81. The van der Waals surface area contributed by atoms with E-state index in [1.54, 1.807) is 6.92 Å². The van der Waals surface area contributed by atoms with Crippen LogP contribution in [0.4, 0.5) is 5.00 Å². The number of amides is 1. The Balaban J connectivity index is 2.61. The van der Waals surface area contributed by atoms with Crippen molar-refractivity contribution in [3.8, 4) is 0 Å². The third kappa shape index (κ3) is 3.03. The molecule has 0 bridgehead atoms. The monoisotopic (exact) mass is 324 g/mol. The van der Waals surface area contributed by atoms with E-state index in [2.05, 4.69) is 38.3 Å². The highest BCUT2D eigenvalue weighted by molar-refractivity contribution is 7.17. The molecule has 0 unspecified atom stereocenters. The molecule has 0 spiro atoms. The fraction of sp³-hybridized carbons (Fsp3) is 0.625. The Morgan fingerprint density at radius 3 is 2.50 bits per heavy atom. The van der Waals surface area contributed by atoms with Crippen LogP contribution in [-0.4, -0.2) is 24.5 Å². The molecule has 2 N–H and O–H groups in total. The standard InChI is InChI=1S/C16H24N2O3S/c1-7-10(19)17-13-11(14(20)21-6)9-8-15(2,3)18-16(4,5)12(9)22-13/h18H,7-8H2,1-6H3,(H,17,19). The van der Waals surface area contributed by atoms with E-state index in [1.807, 2.05) is 0 Å². The van der Waals surface area contributed by atoms with E-state index in [1.165, 1.54) is 18.4 Å². The summed E-state index contributed by atoms with van der Waals surface area (Å²) in [4.78, 5) is 25.1. The Hall–Kier alpha value is -1.40. The predicted molar refractivity (Wildman–Crippen MR) is 88.5 cm³/mol. The van der Waals surface area contributed by atoms with Crippen LogP contribution < -0.4 is 10.6 Å². The van der Waals surface area contributed by atoms with Crippen LogP contribution in [0.3, 0.4) is 0 Å². The van der Waals surface area contributed by atoms with Gasteiger partial charge in [0.2, 0.25) is 5.91 Å². The highest BCUT2D eigenvalue weighted by atomic mass is 32.1. The first-order valence-corrected chi connectivity index (χ1v) is 8.26. The molecule has 0 fully saturated rings. The smallest absolute Gasteiger partial charge is 0.341 e. The number of carbonyl (C=O) groups is 2. The number of esters is 1. The molecule has 0 saturated heterocycles. The number of ether oxygens (including phenoxy) is 1. The molecule has 0 radical (unpaired) electrons. The molecular weight excluding hydrogens is 300 g/mol. The number of rotatable bonds is 3. The van der Waals surface area contributed by atoms with Crippen LogP contribution in [0.25, 0.3) is 0 Å². The van der Waals surface area contributed by atoms with E-state index in [4.69, 9.17) is 4.74 Å². The third-order valence-electron chi connectivity index (χ3n) is 3.81. The molecule has 2 heterocycles. The summed E-state index contributed by atoms with van der Waals surface area (Å²) in [6.07, 6.45) is 1.09. The molecule has 1 aliphatic rings. The van der Waals surface area contributed by atoms with Gasteiger partial charge in [-0.05, 0) is 39.7 Å². The van der Waals surface area contributed by atoms with Crippen molar-refractivity contribution in [2.45, 2.75) is 58.5 Å². The quantitative estimate of drug-likeness (QED) is 0.839. The number of carbonyl (C=O) groups excluding carboxylic acids is 2. The molecule has 1 aromatic rings. The van der Waals surface area contributed by atoms with Gasteiger partial charge in [-0.2, -0.15) is 0 Å². The largest absolute Gasteiger partial charge is 0.465 e. The molecule has 1 aliphatic heterocycles. The van der Waals surface area contributed by atoms with Crippen molar-refractivity contribution in [3.63, 3.8) is 0 Å². The third-order valence-corrected chi connectivity index (χ3v) is 5.28. The zero-order valence-corrected chi connectivity index (χ0v) is 14.9. The maximum Gasteiger partial charge on any atom is 0.341 e. The van der Waals surface area contributed by atoms with Gasteiger partial charge in [-0.3, -0.25) is 4.79 Å². The molecule has 122 valence electrons. The first kappa shape index (κ1) is 17.0. The van der Waals surface area contributed by atoms with Crippen LogP contribution >= 0.6 is 11.3 Å². The van der Waals surface area contributed by atoms with Gasteiger partial charge in [0, 0.05) is 22.4 Å². The zero-order chi connectivity index (χ0) is 16.7. The predicted octanol–water partition coefficient (Wildman–Crippen LogP) is 3.04. The fourth-order valence-electron chi connectivity index (χ4n) is 3.15. The lowest BCUT2D eigenvalue weighted by Gasteiger charge is -2.42. The Bertz CT molecular complexity index is 617. The summed E-state index contributed by atoms with van der Waals surface area (Å²) in [6.45, 7) is 10.2. The SMILES string of the molecule is CCC(=O)Nc1sc2c(c1C(=O)OC)CC(C)(C)NC2(C)C. The summed E-state index contributed by atoms with van der Waals surface area (Å²) in [5, 5.41) is 7.04. The summed E-state index contributed by atoms with van der Waals surface area (Å²) in [5.74, 6) is -0.494. The average Bonchev–Trinajstić information content (AvgIpc) is 2.74. The van der Waals surface area contributed by atoms with E-state index in [-0.39, 0.29) is 17.0 Å². The molecule has 1 aromatic heterocycles. The minimum Gasteiger partial charge on any atom is -0.465 e. The maximum atomic E-state index is 12.3. The Labute approximate surface area is 135 Å².